The van der Waals surface area contributed by atoms with E-state index in [1.54, 1.807) is 6.33 Å². The van der Waals surface area contributed by atoms with Gasteiger partial charge in [-0.15, -0.1) is 0 Å². The van der Waals surface area contributed by atoms with Crippen LogP contribution in [0.4, 0.5) is 5.69 Å². The van der Waals surface area contributed by atoms with E-state index in [1.165, 1.54) is 5.56 Å². The molecule has 0 unspecified atom stereocenters. The van der Waals surface area contributed by atoms with Crippen LogP contribution in [-0.2, 0) is 6.54 Å². The summed E-state index contributed by atoms with van der Waals surface area (Å²) in [4.78, 5) is 10.8. The minimum atomic E-state index is 0.0940. The largest absolute Gasteiger partial charge is 0.394 e. The third-order valence-electron chi connectivity index (χ3n) is 5.58. The number of hydrogen-bond acceptors (Lipinski definition) is 5. The summed E-state index contributed by atoms with van der Waals surface area (Å²) in [5.41, 5.74) is 4.60. The highest BCUT2D eigenvalue weighted by Gasteiger charge is 2.43. The molecule has 140 valence electrons. The zero-order chi connectivity index (χ0) is 18.6. The van der Waals surface area contributed by atoms with Crippen LogP contribution in [0.15, 0.2) is 36.9 Å². The lowest BCUT2D eigenvalue weighted by Gasteiger charge is -2.39. The molecule has 1 aromatic heterocycles. The third-order valence-corrected chi connectivity index (χ3v) is 5.58. The number of aromatic nitrogens is 2. The predicted octanol–water partition coefficient (Wildman–Crippen LogP) is 2.98. The second-order valence-electron chi connectivity index (χ2n) is 7.40. The molecule has 0 spiro atoms. The summed E-state index contributed by atoms with van der Waals surface area (Å²) in [6.45, 7) is 4.13. The Kier molecular flexibility index (Phi) is 5.38. The zero-order valence-electron chi connectivity index (χ0n) is 15.7. The summed E-state index contributed by atoms with van der Waals surface area (Å²) < 4.78 is 0. The van der Waals surface area contributed by atoms with Gasteiger partial charge in [-0.1, -0.05) is 18.8 Å². The van der Waals surface area contributed by atoms with E-state index in [0.717, 1.165) is 49.2 Å². The van der Waals surface area contributed by atoms with Crippen molar-refractivity contribution in [3.8, 4) is 11.8 Å². The number of aliphatic hydroxyl groups excluding tert-OH is 1. The van der Waals surface area contributed by atoms with Crippen LogP contribution in [-0.4, -0.2) is 39.2 Å². The van der Waals surface area contributed by atoms with Crippen LogP contribution in [0.3, 0.4) is 0 Å². The summed E-state index contributed by atoms with van der Waals surface area (Å²) in [5.74, 6) is 6.94. The van der Waals surface area contributed by atoms with Crippen molar-refractivity contribution in [3.05, 3.63) is 53.6 Å². The fraction of sp³-hybridized carbons (Fsp3) is 0.455. The molecule has 0 radical (unpaired) electrons. The fourth-order valence-electron chi connectivity index (χ4n) is 4.35. The van der Waals surface area contributed by atoms with Gasteiger partial charge in [0.05, 0.1) is 12.6 Å². The summed E-state index contributed by atoms with van der Waals surface area (Å²) in [6, 6.07) is 6.80. The number of aliphatic hydroxyl groups is 1. The van der Waals surface area contributed by atoms with Crippen LogP contribution in [0.1, 0.15) is 48.9 Å². The summed E-state index contributed by atoms with van der Waals surface area (Å²) in [7, 11) is 0. The summed E-state index contributed by atoms with van der Waals surface area (Å²) >= 11 is 0. The van der Waals surface area contributed by atoms with E-state index in [2.05, 4.69) is 57.1 Å². The van der Waals surface area contributed by atoms with Crippen molar-refractivity contribution in [2.45, 2.75) is 44.8 Å². The molecular formula is C22H26N4O. The van der Waals surface area contributed by atoms with Crippen molar-refractivity contribution < 1.29 is 5.11 Å². The van der Waals surface area contributed by atoms with E-state index in [1.807, 2.05) is 12.4 Å². The quantitative estimate of drug-likeness (QED) is 0.819. The van der Waals surface area contributed by atoms with E-state index < -0.39 is 0 Å². The van der Waals surface area contributed by atoms with Crippen LogP contribution < -0.4 is 5.32 Å². The van der Waals surface area contributed by atoms with Gasteiger partial charge in [-0.2, -0.15) is 0 Å². The Hall–Kier alpha value is -2.42. The van der Waals surface area contributed by atoms with Gasteiger partial charge >= 0.3 is 0 Å². The molecular weight excluding hydrogens is 336 g/mol. The number of unbranched alkanes of at least 4 members (excludes halogenated alkanes) is 1. The molecule has 0 bridgehead atoms. The van der Waals surface area contributed by atoms with E-state index >= 15 is 0 Å². The standard InChI is InChI=1S/C22H26N4O/c1-2-3-4-5-16-6-7-20-19(10-16)22-18(21(14-27)25-20)8-9-26(22)13-17-11-23-15-24-12-17/h6-7,10-12,15,18,21-22,25,27H,2-3,8-9,13-14H2,1H3/t18-,21+,22-/m0/s1. The Bertz CT molecular complexity index is 842. The second kappa shape index (κ2) is 8.08. The Morgan fingerprint density at radius 3 is 2.93 bits per heavy atom. The maximum Gasteiger partial charge on any atom is 0.115 e. The maximum absolute atomic E-state index is 9.91. The smallest absolute Gasteiger partial charge is 0.115 e. The highest BCUT2D eigenvalue weighted by Crippen LogP contribution is 2.46. The summed E-state index contributed by atoms with van der Waals surface area (Å²) in [5, 5.41) is 13.5. The number of anilines is 1. The van der Waals surface area contributed by atoms with E-state index in [9.17, 15) is 5.11 Å². The van der Waals surface area contributed by atoms with Gasteiger partial charge in [-0.3, -0.25) is 4.90 Å². The number of benzene rings is 1. The van der Waals surface area contributed by atoms with E-state index in [0.29, 0.717) is 5.92 Å². The highest BCUT2D eigenvalue weighted by molar-refractivity contribution is 5.60. The molecule has 3 atom stereocenters. The molecule has 27 heavy (non-hydrogen) atoms. The molecule has 2 aliphatic rings. The topological polar surface area (TPSA) is 61.3 Å². The number of likely N-dealkylation sites (tertiary alicyclic amines) is 1. The molecule has 1 saturated heterocycles. The molecule has 5 nitrogen and oxygen atoms in total. The number of nitrogens with zero attached hydrogens (tertiary/aromatic N) is 3. The number of rotatable bonds is 4. The number of fused-ring (bicyclic) bond motifs is 3. The Balaban J connectivity index is 1.67. The van der Waals surface area contributed by atoms with Crippen LogP contribution in [0, 0.1) is 17.8 Å². The average molecular weight is 362 g/mol. The van der Waals surface area contributed by atoms with Crippen LogP contribution in [0.25, 0.3) is 0 Å². The Morgan fingerprint density at radius 2 is 2.15 bits per heavy atom. The van der Waals surface area contributed by atoms with Gasteiger partial charge in [0, 0.05) is 54.1 Å². The normalized spacial score (nSPS) is 23.7. The first-order chi connectivity index (χ1) is 13.3. The summed E-state index contributed by atoms with van der Waals surface area (Å²) in [6.07, 6.45) is 8.42. The van der Waals surface area contributed by atoms with Gasteiger partial charge in [0.15, 0.2) is 0 Å². The third kappa shape index (κ3) is 3.69. The van der Waals surface area contributed by atoms with Gasteiger partial charge in [0.25, 0.3) is 0 Å². The minimum absolute atomic E-state index is 0.0940. The minimum Gasteiger partial charge on any atom is -0.394 e. The zero-order valence-corrected chi connectivity index (χ0v) is 15.7. The van der Waals surface area contributed by atoms with Gasteiger partial charge in [-0.25, -0.2) is 9.97 Å². The molecule has 2 N–H and O–H groups in total. The number of hydrogen-bond donors (Lipinski definition) is 2. The van der Waals surface area contributed by atoms with Crippen molar-refractivity contribution in [2.75, 3.05) is 18.5 Å². The van der Waals surface area contributed by atoms with Gasteiger partial charge in [-0.05, 0) is 43.1 Å². The molecule has 1 fully saturated rings. The first-order valence-corrected chi connectivity index (χ1v) is 9.78. The SMILES string of the molecule is CCCC#Cc1ccc2c(c1)[C@@H]1[C@@H](CCN1Cc1cncnc1)[C@@H](CO)N2. The molecule has 3 heterocycles. The lowest BCUT2D eigenvalue weighted by molar-refractivity contribution is 0.172. The van der Waals surface area contributed by atoms with Crippen molar-refractivity contribution in [3.63, 3.8) is 0 Å². The van der Waals surface area contributed by atoms with Crippen LogP contribution in [0.2, 0.25) is 0 Å². The molecule has 4 rings (SSSR count). The molecule has 0 amide bonds. The van der Waals surface area contributed by atoms with Crippen LogP contribution >= 0.6 is 0 Å². The molecule has 0 saturated carbocycles. The first-order valence-electron chi connectivity index (χ1n) is 9.78. The molecule has 1 aromatic carbocycles. The lowest BCUT2D eigenvalue weighted by Crippen LogP contribution is -2.41. The van der Waals surface area contributed by atoms with Crippen molar-refractivity contribution in [1.29, 1.82) is 0 Å². The van der Waals surface area contributed by atoms with Crippen LogP contribution in [0.5, 0.6) is 0 Å². The molecule has 5 heteroatoms. The predicted molar refractivity (Wildman–Crippen MR) is 106 cm³/mol. The van der Waals surface area contributed by atoms with Crippen molar-refractivity contribution in [2.24, 2.45) is 5.92 Å². The van der Waals surface area contributed by atoms with Crippen molar-refractivity contribution >= 4 is 5.69 Å². The monoisotopic (exact) mass is 362 g/mol. The van der Waals surface area contributed by atoms with Crippen molar-refractivity contribution in [1.82, 2.24) is 14.9 Å². The Morgan fingerprint density at radius 1 is 1.30 bits per heavy atom. The highest BCUT2D eigenvalue weighted by atomic mass is 16.3. The van der Waals surface area contributed by atoms with E-state index in [-0.39, 0.29) is 18.7 Å². The Labute approximate surface area is 160 Å². The molecule has 2 aromatic rings. The van der Waals surface area contributed by atoms with Gasteiger partial charge in [0.2, 0.25) is 0 Å². The van der Waals surface area contributed by atoms with E-state index in [4.69, 9.17) is 0 Å². The number of nitrogens with one attached hydrogen (secondary N) is 1. The van der Waals surface area contributed by atoms with Gasteiger partial charge in [0.1, 0.15) is 6.33 Å². The first kappa shape index (κ1) is 18.0. The van der Waals surface area contributed by atoms with Gasteiger partial charge < -0.3 is 10.4 Å². The maximum atomic E-state index is 9.91. The second-order valence-corrected chi connectivity index (χ2v) is 7.40. The average Bonchev–Trinajstić information content (AvgIpc) is 3.12. The fourth-order valence-corrected chi connectivity index (χ4v) is 4.35. The lowest BCUT2D eigenvalue weighted by atomic mass is 9.82. The molecule has 2 aliphatic heterocycles. The molecule has 0 aliphatic carbocycles.